The summed E-state index contributed by atoms with van der Waals surface area (Å²) in [6.07, 6.45) is 7.28. The Morgan fingerprint density at radius 1 is 1.11 bits per heavy atom. The van der Waals surface area contributed by atoms with E-state index >= 15 is 0 Å². The third-order valence-corrected chi connectivity index (χ3v) is 5.84. The first-order valence-electron chi connectivity index (χ1n) is 10.2. The molecule has 1 aromatic carbocycles. The zero-order valence-corrected chi connectivity index (χ0v) is 15.8. The molecule has 4 rings (SSSR count). The number of aryl methyl sites for hydroxylation is 1. The van der Waals surface area contributed by atoms with Gasteiger partial charge in [0.05, 0.1) is 0 Å². The highest BCUT2D eigenvalue weighted by molar-refractivity contribution is 5.76. The van der Waals surface area contributed by atoms with Gasteiger partial charge in [0, 0.05) is 31.0 Å². The Labute approximate surface area is 160 Å². The number of carbonyl (C=O) groups is 1. The number of piperidine rings is 2. The number of carbonyl (C=O) groups excluding carboxylic acids is 1. The minimum Gasteiger partial charge on any atom is -0.421 e. The van der Waals surface area contributed by atoms with Crippen LogP contribution >= 0.6 is 0 Å². The van der Waals surface area contributed by atoms with Crippen LogP contribution in [0.3, 0.4) is 0 Å². The summed E-state index contributed by atoms with van der Waals surface area (Å²) in [5.41, 5.74) is 0.898. The molecule has 3 heterocycles. The second kappa shape index (κ2) is 8.65. The van der Waals surface area contributed by atoms with Crippen LogP contribution in [0, 0.1) is 5.92 Å². The maximum absolute atomic E-state index is 12.3. The number of aromatic nitrogens is 2. The Bertz CT molecular complexity index is 744. The number of hydrogen-bond donors (Lipinski definition) is 1. The van der Waals surface area contributed by atoms with Crippen LogP contribution in [0.1, 0.15) is 44.4 Å². The molecule has 27 heavy (non-hydrogen) atoms. The van der Waals surface area contributed by atoms with Gasteiger partial charge in [-0.05, 0) is 56.8 Å². The number of nitrogens with one attached hydrogen (secondary N) is 1. The highest BCUT2D eigenvalue weighted by atomic mass is 16.4. The monoisotopic (exact) mass is 368 g/mol. The van der Waals surface area contributed by atoms with E-state index < -0.39 is 0 Å². The Balaban J connectivity index is 1.24. The van der Waals surface area contributed by atoms with Gasteiger partial charge in [0.25, 0.3) is 0 Å². The van der Waals surface area contributed by atoms with Crippen LogP contribution in [0.4, 0.5) is 0 Å². The van der Waals surface area contributed by atoms with Gasteiger partial charge in [-0.25, -0.2) is 0 Å². The molecule has 6 heteroatoms. The number of fused-ring (bicyclic) bond motifs is 1. The summed E-state index contributed by atoms with van der Waals surface area (Å²) >= 11 is 0. The van der Waals surface area contributed by atoms with E-state index in [1.807, 2.05) is 30.3 Å². The van der Waals surface area contributed by atoms with Gasteiger partial charge in [0.1, 0.15) is 0 Å². The molecule has 2 aliphatic rings. The van der Waals surface area contributed by atoms with E-state index in [0.29, 0.717) is 36.6 Å². The summed E-state index contributed by atoms with van der Waals surface area (Å²) < 4.78 is 5.68. The molecule has 1 N–H and O–H groups in total. The van der Waals surface area contributed by atoms with Crippen molar-refractivity contribution in [2.24, 2.45) is 5.92 Å². The van der Waals surface area contributed by atoms with E-state index in [1.54, 1.807) is 0 Å². The molecule has 2 atom stereocenters. The summed E-state index contributed by atoms with van der Waals surface area (Å²) in [4.78, 5) is 14.9. The van der Waals surface area contributed by atoms with E-state index in [2.05, 4.69) is 20.4 Å². The molecule has 0 aliphatic carbocycles. The lowest BCUT2D eigenvalue weighted by Crippen LogP contribution is -2.51. The molecule has 0 spiro atoms. The van der Waals surface area contributed by atoms with Crippen molar-refractivity contribution in [1.82, 2.24) is 20.4 Å². The SMILES string of the molecule is O=C(CCc1nnc(-c2ccccc2)o1)NC[C@H]1CCCN2CCCC[C@H]12. The van der Waals surface area contributed by atoms with Crippen molar-refractivity contribution in [1.29, 1.82) is 0 Å². The number of benzene rings is 1. The zero-order chi connectivity index (χ0) is 18.5. The third-order valence-electron chi connectivity index (χ3n) is 5.84. The average Bonchev–Trinajstić information content (AvgIpc) is 3.20. The Hall–Kier alpha value is -2.21. The second-order valence-electron chi connectivity index (χ2n) is 7.67. The van der Waals surface area contributed by atoms with E-state index in [4.69, 9.17) is 4.42 Å². The molecule has 2 aliphatic heterocycles. The van der Waals surface area contributed by atoms with Gasteiger partial charge < -0.3 is 14.6 Å². The van der Waals surface area contributed by atoms with E-state index in [1.165, 1.54) is 45.2 Å². The number of amides is 1. The van der Waals surface area contributed by atoms with Crippen molar-refractivity contribution in [2.45, 2.75) is 51.0 Å². The maximum atomic E-state index is 12.3. The Morgan fingerprint density at radius 2 is 1.96 bits per heavy atom. The highest BCUT2D eigenvalue weighted by Gasteiger charge is 2.32. The summed E-state index contributed by atoms with van der Waals surface area (Å²) in [7, 11) is 0. The maximum Gasteiger partial charge on any atom is 0.247 e. The predicted molar refractivity (Wildman–Crippen MR) is 103 cm³/mol. The first-order chi connectivity index (χ1) is 13.3. The van der Waals surface area contributed by atoms with Crippen LogP contribution < -0.4 is 5.32 Å². The van der Waals surface area contributed by atoms with E-state index in [9.17, 15) is 4.79 Å². The molecule has 1 amide bonds. The molecule has 1 aromatic heterocycles. The Kier molecular flexibility index (Phi) is 5.82. The van der Waals surface area contributed by atoms with Gasteiger partial charge in [-0.1, -0.05) is 24.6 Å². The molecule has 144 valence electrons. The lowest BCUT2D eigenvalue weighted by atomic mass is 9.83. The van der Waals surface area contributed by atoms with Crippen LogP contribution in [0.15, 0.2) is 34.7 Å². The molecule has 0 bridgehead atoms. The molecule has 2 fully saturated rings. The van der Waals surface area contributed by atoms with Crippen LogP contribution in [-0.4, -0.2) is 46.7 Å². The van der Waals surface area contributed by atoms with E-state index in [-0.39, 0.29) is 5.91 Å². The summed E-state index contributed by atoms with van der Waals surface area (Å²) in [5, 5.41) is 11.3. The van der Waals surface area contributed by atoms with Gasteiger partial charge >= 0.3 is 0 Å². The van der Waals surface area contributed by atoms with Gasteiger partial charge in [-0.2, -0.15) is 0 Å². The number of rotatable bonds is 6. The fourth-order valence-electron chi connectivity index (χ4n) is 4.42. The average molecular weight is 368 g/mol. The molecular weight excluding hydrogens is 340 g/mol. The molecule has 0 radical (unpaired) electrons. The minimum absolute atomic E-state index is 0.0717. The lowest BCUT2D eigenvalue weighted by molar-refractivity contribution is -0.121. The van der Waals surface area contributed by atoms with Crippen molar-refractivity contribution in [3.8, 4) is 11.5 Å². The highest BCUT2D eigenvalue weighted by Crippen LogP contribution is 2.30. The van der Waals surface area contributed by atoms with Crippen LogP contribution in [0.5, 0.6) is 0 Å². The van der Waals surface area contributed by atoms with Crippen molar-refractivity contribution < 1.29 is 9.21 Å². The van der Waals surface area contributed by atoms with Gasteiger partial charge in [0.15, 0.2) is 0 Å². The summed E-state index contributed by atoms with van der Waals surface area (Å²) in [5.74, 6) is 1.68. The summed E-state index contributed by atoms with van der Waals surface area (Å²) in [6, 6.07) is 10.4. The van der Waals surface area contributed by atoms with E-state index in [0.717, 1.165) is 12.1 Å². The fourth-order valence-corrected chi connectivity index (χ4v) is 4.42. The lowest BCUT2D eigenvalue weighted by Gasteiger charge is -2.44. The van der Waals surface area contributed by atoms with Crippen LogP contribution in [0.2, 0.25) is 0 Å². The molecule has 0 unspecified atom stereocenters. The normalized spacial score (nSPS) is 23.0. The van der Waals surface area contributed by atoms with Gasteiger partial charge in [-0.15, -0.1) is 10.2 Å². The molecular formula is C21H28N4O2. The summed E-state index contributed by atoms with van der Waals surface area (Å²) in [6.45, 7) is 3.26. The number of hydrogen-bond acceptors (Lipinski definition) is 5. The van der Waals surface area contributed by atoms with Crippen molar-refractivity contribution in [3.05, 3.63) is 36.2 Å². The zero-order valence-electron chi connectivity index (χ0n) is 15.8. The molecule has 6 nitrogen and oxygen atoms in total. The standard InChI is InChI=1S/C21H28N4O2/c26-19(22-15-17-9-6-14-25-13-5-4-10-18(17)25)11-12-20-23-24-21(27-20)16-7-2-1-3-8-16/h1-3,7-8,17-18H,4-6,9-15H2,(H,22,26)/t17-,18-/m1/s1. The molecule has 0 saturated carbocycles. The van der Waals surface area contributed by atoms with Crippen molar-refractivity contribution >= 4 is 5.91 Å². The first-order valence-corrected chi connectivity index (χ1v) is 10.2. The largest absolute Gasteiger partial charge is 0.421 e. The Morgan fingerprint density at radius 3 is 2.85 bits per heavy atom. The third kappa shape index (κ3) is 4.56. The van der Waals surface area contributed by atoms with Crippen molar-refractivity contribution in [3.63, 3.8) is 0 Å². The van der Waals surface area contributed by atoms with Crippen LogP contribution in [-0.2, 0) is 11.2 Å². The number of nitrogens with zero attached hydrogens (tertiary/aromatic N) is 3. The smallest absolute Gasteiger partial charge is 0.247 e. The van der Waals surface area contributed by atoms with Crippen LogP contribution in [0.25, 0.3) is 11.5 Å². The topological polar surface area (TPSA) is 71.3 Å². The predicted octanol–water partition coefficient (Wildman–Crippen LogP) is 3.05. The second-order valence-corrected chi connectivity index (χ2v) is 7.67. The molecule has 2 saturated heterocycles. The first kappa shape index (κ1) is 18.2. The minimum atomic E-state index is 0.0717. The fraction of sp³-hybridized carbons (Fsp3) is 0.571. The van der Waals surface area contributed by atoms with Gasteiger partial charge in [-0.3, -0.25) is 4.79 Å². The van der Waals surface area contributed by atoms with Crippen molar-refractivity contribution in [2.75, 3.05) is 19.6 Å². The quantitative estimate of drug-likeness (QED) is 0.848. The van der Waals surface area contributed by atoms with Gasteiger partial charge in [0.2, 0.25) is 17.7 Å². The molecule has 2 aromatic rings.